The zero-order chi connectivity index (χ0) is 24.0. The van der Waals surface area contributed by atoms with Crippen molar-refractivity contribution in [3.8, 4) is 11.5 Å². The molecule has 1 saturated heterocycles. The molecule has 2 N–H and O–H groups in total. The lowest BCUT2D eigenvalue weighted by Crippen LogP contribution is -2.39. The number of nitro groups is 2. The van der Waals surface area contributed by atoms with Crippen molar-refractivity contribution in [2.45, 2.75) is 19.4 Å². The number of benzene rings is 2. The van der Waals surface area contributed by atoms with Crippen molar-refractivity contribution in [1.29, 1.82) is 0 Å². The van der Waals surface area contributed by atoms with E-state index in [1.165, 1.54) is 19.2 Å². The van der Waals surface area contributed by atoms with Gasteiger partial charge in [-0.25, -0.2) is 5.43 Å². The number of piperidine rings is 1. The van der Waals surface area contributed by atoms with E-state index in [9.17, 15) is 30.1 Å². The third kappa shape index (κ3) is 6.01. The number of hydrogen-bond acceptors (Lipinski definition) is 9. The molecular formula is C21H23N5O7. The van der Waals surface area contributed by atoms with Gasteiger partial charge in [0.05, 0.1) is 29.2 Å². The monoisotopic (exact) mass is 457 g/mol. The predicted octanol–water partition coefficient (Wildman–Crippen LogP) is 2.58. The van der Waals surface area contributed by atoms with Gasteiger partial charge >= 0.3 is 0 Å². The zero-order valence-electron chi connectivity index (χ0n) is 17.8. The molecule has 0 atom stereocenters. The molecule has 33 heavy (non-hydrogen) atoms. The smallest absolute Gasteiger partial charge is 0.274 e. The highest BCUT2D eigenvalue weighted by molar-refractivity contribution is 5.87. The summed E-state index contributed by atoms with van der Waals surface area (Å²) in [6.07, 6.45) is 2.36. The van der Waals surface area contributed by atoms with Crippen LogP contribution in [0.2, 0.25) is 0 Å². The van der Waals surface area contributed by atoms with Crippen molar-refractivity contribution < 1.29 is 24.5 Å². The maximum atomic E-state index is 12.4. The van der Waals surface area contributed by atoms with Gasteiger partial charge in [0.25, 0.3) is 11.4 Å². The molecule has 1 aliphatic rings. The maximum absolute atomic E-state index is 12.4. The van der Waals surface area contributed by atoms with E-state index in [1.807, 2.05) is 0 Å². The normalized spacial score (nSPS) is 14.8. The number of carbonyl (C=O) groups is 1. The van der Waals surface area contributed by atoms with Gasteiger partial charge in [0.15, 0.2) is 11.5 Å². The van der Waals surface area contributed by atoms with E-state index in [2.05, 4.69) is 15.4 Å². The van der Waals surface area contributed by atoms with Crippen LogP contribution in [0.25, 0.3) is 0 Å². The third-order valence-electron chi connectivity index (χ3n) is 5.41. The summed E-state index contributed by atoms with van der Waals surface area (Å²) in [7, 11) is 1.27. The Kier molecular flexibility index (Phi) is 7.51. The van der Waals surface area contributed by atoms with Crippen LogP contribution in [0.4, 0.5) is 11.4 Å². The van der Waals surface area contributed by atoms with E-state index in [-0.39, 0.29) is 40.3 Å². The Morgan fingerprint density at radius 2 is 1.82 bits per heavy atom. The topological polar surface area (TPSA) is 160 Å². The second-order valence-corrected chi connectivity index (χ2v) is 7.55. The van der Waals surface area contributed by atoms with Crippen LogP contribution in [0.15, 0.2) is 41.5 Å². The number of aromatic hydroxyl groups is 1. The molecule has 0 aliphatic carbocycles. The van der Waals surface area contributed by atoms with Gasteiger partial charge in [-0.2, -0.15) is 5.10 Å². The average Bonchev–Trinajstić information content (AvgIpc) is 2.80. The van der Waals surface area contributed by atoms with Gasteiger partial charge in [0, 0.05) is 36.2 Å². The average molecular weight is 457 g/mol. The number of ether oxygens (including phenoxy) is 1. The fraction of sp³-hybridized carbons (Fsp3) is 0.333. The van der Waals surface area contributed by atoms with Gasteiger partial charge in [-0.1, -0.05) is 12.1 Å². The van der Waals surface area contributed by atoms with Gasteiger partial charge < -0.3 is 9.84 Å². The highest BCUT2D eigenvalue weighted by Gasteiger charge is 2.25. The summed E-state index contributed by atoms with van der Waals surface area (Å²) in [4.78, 5) is 35.3. The van der Waals surface area contributed by atoms with E-state index in [4.69, 9.17) is 4.74 Å². The Balaban J connectivity index is 1.52. The van der Waals surface area contributed by atoms with Crippen molar-refractivity contribution in [3.63, 3.8) is 0 Å². The zero-order valence-corrected chi connectivity index (χ0v) is 17.8. The number of hydrogen-bond donors (Lipinski definition) is 2. The Morgan fingerprint density at radius 3 is 2.39 bits per heavy atom. The molecule has 1 amide bonds. The molecule has 0 spiro atoms. The van der Waals surface area contributed by atoms with Gasteiger partial charge in [-0.05, 0) is 31.5 Å². The number of hydrazone groups is 1. The molecule has 174 valence electrons. The van der Waals surface area contributed by atoms with Crippen LogP contribution in [0.1, 0.15) is 24.0 Å². The molecule has 2 aromatic carbocycles. The minimum Gasteiger partial charge on any atom is -0.504 e. The molecule has 0 saturated carbocycles. The minimum atomic E-state index is -0.623. The van der Waals surface area contributed by atoms with Crippen LogP contribution in [0, 0.1) is 26.1 Å². The van der Waals surface area contributed by atoms with E-state index >= 15 is 0 Å². The Morgan fingerprint density at radius 1 is 1.18 bits per heavy atom. The molecule has 12 nitrogen and oxygen atoms in total. The van der Waals surface area contributed by atoms with E-state index in [0.29, 0.717) is 32.5 Å². The number of phenols is 1. The molecule has 3 rings (SSSR count). The second kappa shape index (κ2) is 10.5. The molecule has 0 unspecified atom stereocenters. The Bertz CT molecular complexity index is 1060. The van der Waals surface area contributed by atoms with Crippen molar-refractivity contribution in [1.82, 2.24) is 10.3 Å². The van der Waals surface area contributed by atoms with Crippen molar-refractivity contribution in [3.05, 3.63) is 67.8 Å². The van der Waals surface area contributed by atoms with Gasteiger partial charge in [0.2, 0.25) is 5.91 Å². The van der Waals surface area contributed by atoms with Gasteiger partial charge in [-0.15, -0.1) is 0 Å². The van der Waals surface area contributed by atoms with Crippen LogP contribution in [0.5, 0.6) is 11.5 Å². The lowest BCUT2D eigenvalue weighted by atomic mass is 9.96. The summed E-state index contributed by atoms with van der Waals surface area (Å²) in [6, 6.07) is 8.62. The largest absolute Gasteiger partial charge is 0.504 e. The SMILES string of the molecule is COc1cc([N+](=O)[O-])cc(C=NNC(=O)C2CCN(Cc3ccc([N+](=O)[O-])cc3)CC2)c1O. The Labute approximate surface area is 188 Å². The highest BCUT2D eigenvalue weighted by atomic mass is 16.6. The van der Waals surface area contributed by atoms with Crippen molar-refractivity contribution in [2.75, 3.05) is 20.2 Å². The second-order valence-electron chi connectivity index (χ2n) is 7.55. The Hall–Kier alpha value is -4.06. The minimum absolute atomic E-state index is 0.0410. The van der Waals surface area contributed by atoms with Crippen LogP contribution in [-0.2, 0) is 11.3 Å². The summed E-state index contributed by atoms with van der Waals surface area (Å²) in [6.45, 7) is 2.00. The quantitative estimate of drug-likeness (QED) is 0.347. The summed E-state index contributed by atoms with van der Waals surface area (Å²) in [5.74, 6) is -0.917. The first-order valence-corrected chi connectivity index (χ1v) is 10.1. The van der Waals surface area contributed by atoms with Crippen molar-refractivity contribution >= 4 is 23.5 Å². The van der Waals surface area contributed by atoms with Crippen LogP contribution in [-0.4, -0.2) is 52.2 Å². The number of nitro benzene ring substituents is 2. The van der Waals surface area contributed by atoms with Gasteiger partial charge in [0.1, 0.15) is 0 Å². The highest BCUT2D eigenvalue weighted by Crippen LogP contribution is 2.33. The summed E-state index contributed by atoms with van der Waals surface area (Å²) in [5, 5.41) is 35.7. The van der Waals surface area contributed by atoms with Crippen LogP contribution < -0.4 is 10.2 Å². The number of phenolic OH excluding ortho intramolecular Hbond substituents is 1. The molecule has 1 fully saturated rings. The lowest BCUT2D eigenvalue weighted by molar-refractivity contribution is -0.385. The number of non-ortho nitro benzene ring substituents is 2. The molecule has 1 heterocycles. The maximum Gasteiger partial charge on any atom is 0.274 e. The summed E-state index contributed by atoms with van der Waals surface area (Å²) >= 11 is 0. The van der Waals surface area contributed by atoms with Crippen molar-refractivity contribution in [2.24, 2.45) is 11.0 Å². The molecule has 0 radical (unpaired) electrons. The third-order valence-corrected chi connectivity index (χ3v) is 5.41. The fourth-order valence-electron chi connectivity index (χ4n) is 3.56. The van der Waals surface area contributed by atoms with Crippen LogP contribution >= 0.6 is 0 Å². The number of nitrogens with one attached hydrogen (secondary N) is 1. The molecule has 1 aliphatic heterocycles. The molecule has 2 aromatic rings. The molecule has 0 bridgehead atoms. The number of carbonyl (C=O) groups excluding carboxylic acids is 1. The first kappa shape index (κ1) is 23.6. The summed E-state index contributed by atoms with van der Waals surface area (Å²) < 4.78 is 4.93. The molecule has 0 aromatic heterocycles. The number of amides is 1. The fourth-order valence-corrected chi connectivity index (χ4v) is 3.56. The number of likely N-dealkylation sites (tertiary alicyclic amines) is 1. The van der Waals surface area contributed by atoms with E-state index < -0.39 is 9.85 Å². The first-order valence-electron chi connectivity index (χ1n) is 10.1. The summed E-state index contributed by atoms with van der Waals surface area (Å²) in [5.41, 5.74) is 3.19. The first-order chi connectivity index (χ1) is 15.8. The number of nitrogens with zero attached hydrogens (tertiary/aromatic N) is 4. The standard InChI is InChI=1S/C21H23N5O7/c1-33-19-11-18(26(31)32)10-16(20(19)27)12-22-23-21(28)15-6-8-24(9-7-15)13-14-2-4-17(5-3-14)25(29)30/h2-5,10-12,15,27H,6-9,13H2,1H3,(H,23,28). The number of methoxy groups -OCH3 is 1. The molecular weight excluding hydrogens is 434 g/mol. The van der Waals surface area contributed by atoms with Gasteiger partial charge in [-0.3, -0.25) is 29.9 Å². The number of rotatable bonds is 8. The molecule has 12 heteroatoms. The lowest BCUT2D eigenvalue weighted by Gasteiger charge is -2.30. The van der Waals surface area contributed by atoms with E-state index in [1.54, 1.807) is 12.1 Å². The van der Waals surface area contributed by atoms with Crippen LogP contribution in [0.3, 0.4) is 0 Å². The van der Waals surface area contributed by atoms with E-state index in [0.717, 1.165) is 23.9 Å². The predicted molar refractivity (Wildman–Crippen MR) is 118 cm³/mol.